The zero-order valence-electron chi connectivity index (χ0n) is 13.0. The van der Waals surface area contributed by atoms with Gasteiger partial charge in [-0.3, -0.25) is 9.80 Å². The Kier molecular flexibility index (Phi) is 6.02. The van der Waals surface area contributed by atoms with Crippen LogP contribution < -0.4 is 5.73 Å². The molecule has 1 aromatic rings. The number of benzene rings is 1. The Hall–Kier alpha value is -0.900. The second-order valence-corrected chi connectivity index (χ2v) is 5.94. The van der Waals surface area contributed by atoms with Gasteiger partial charge in [-0.1, -0.05) is 36.8 Å². The number of nitrogens with zero attached hydrogens (tertiary/aromatic N) is 2. The summed E-state index contributed by atoms with van der Waals surface area (Å²) in [4.78, 5) is 5.19. The molecule has 3 nitrogen and oxygen atoms in total. The molecule has 1 unspecified atom stereocenters. The normalized spacial score (nSPS) is 19.1. The fourth-order valence-corrected chi connectivity index (χ4v) is 3.08. The van der Waals surface area contributed by atoms with Crippen molar-refractivity contribution in [2.45, 2.75) is 39.3 Å². The number of hydrogen-bond donors (Lipinski definition) is 1. The van der Waals surface area contributed by atoms with Crippen molar-refractivity contribution in [1.82, 2.24) is 9.80 Å². The van der Waals surface area contributed by atoms with Gasteiger partial charge in [-0.25, -0.2) is 0 Å². The van der Waals surface area contributed by atoms with Crippen molar-refractivity contribution in [3.8, 4) is 0 Å². The van der Waals surface area contributed by atoms with Crippen LogP contribution in [0.5, 0.6) is 0 Å². The molecule has 0 bridgehead atoms. The van der Waals surface area contributed by atoms with E-state index in [1.54, 1.807) is 0 Å². The van der Waals surface area contributed by atoms with Gasteiger partial charge in [-0.05, 0) is 31.9 Å². The summed E-state index contributed by atoms with van der Waals surface area (Å²) in [5.41, 5.74) is 8.48. The van der Waals surface area contributed by atoms with Crippen molar-refractivity contribution < 1.29 is 0 Å². The molecule has 0 amide bonds. The number of aryl methyl sites for hydroxylation is 1. The van der Waals surface area contributed by atoms with E-state index in [1.807, 2.05) is 0 Å². The highest BCUT2D eigenvalue weighted by Gasteiger charge is 2.22. The summed E-state index contributed by atoms with van der Waals surface area (Å²) >= 11 is 0. The van der Waals surface area contributed by atoms with Crippen LogP contribution in [0.4, 0.5) is 0 Å². The predicted molar refractivity (Wildman–Crippen MR) is 85.8 cm³/mol. The maximum absolute atomic E-state index is 5.72. The van der Waals surface area contributed by atoms with Gasteiger partial charge < -0.3 is 5.73 Å². The predicted octanol–water partition coefficient (Wildman–Crippen LogP) is 2.24. The second kappa shape index (κ2) is 7.77. The summed E-state index contributed by atoms with van der Waals surface area (Å²) in [6.45, 7) is 11.0. The largest absolute Gasteiger partial charge is 0.330 e. The molecule has 1 fully saturated rings. The molecule has 0 saturated carbocycles. The van der Waals surface area contributed by atoms with E-state index in [2.05, 4.69) is 47.9 Å². The van der Waals surface area contributed by atoms with Gasteiger partial charge in [0.15, 0.2) is 0 Å². The minimum Gasteiger partial charge on any atom is -0.330 e. The maximum atomic E-state index is 5.72. The molecule has 1 aromatic carbocycles. The lowest BCUT2D eigenvalue weighted by atomic mass is 10.1. The monoisotopic (exact) mass is 275 g/mol. The Morgan fingerprint density at radius 1 is 1.10 bits per heavy atom. The summed E-state index contributed by atoms with van der Waals surface area (Å²) in [6.07, 6.45) is 2.35. The van der Waals surface area contributed by atoms with Crippen LogP contribution in [0.3, 0.4) is 0 Å². The van der Waals surface area contributed by atoms with Crippen LogP contribution in [0.1, 0.15) is 30.9 Å². The lowest BCUT2D eigenvalue weighted by molar-refractivity contribution is 0.0871. The molecule has 1 aliphatic rings. The van der Waals surface area contributed by atoms with E-state index in [-0.39, 0.29) is 0 Å². The topological polar surface area (TPSA) is 32.5 Å². The molecule has 1 atom stereocenters. The minimum absolute atomic E-state index is 0.682. The molecule has 20 heavy (non-hydrogen) atoms. The Morgan fingerprint density at radius 3 is 2.30 bits per heavy atom. The first-order valence-corrected chi connectivity index (χ1v) is 7.95. The minimum atomic E-state index is 0.682. The van der Waals surface area contributed by atoms with Gasteiger partial charge in [0, 0.05) is 38.8 Å². The lowest BCUT2D eigenvalue weighted by Gasteiger charge is -2.39. The standard InChI is InChI=1S/C17H29N3/c1-3-17(8-9-18)20-12-10-19(11-13-20)14-16-6-4-15(2)5-7-16/h4-7,17H,3,8-14,18H2,1-2H3. The van der Waals surface area contributed by atoms with Gasteiger partial charge in [0.25, 0.3) is 0 Å². The highest BCUT2D eigenvalue weighted by atomic mass is 15.3. The van der Waals surface area contributed by atoms with Gasteiger partial charge in [0.1, 0.15) is 0 Å². The molecular weight excluding hydrogens is 246 g/mol. The van der Waals surface area contributed by atoms with Crippen molar-refractivity contribution in [3.63, 3.8) is 0 Å². The molecule has 2 N–H and O–H groups in total. The highest BCUT2D eigenvalue weighted by molar-refractivity contribution is 5.21. The fourth-order valence-electron chi connectivity index (χ4n) is 3.08. The molecule has 1 aliphatic heterocycles. The summed E-state index contributed by atoms with van der Waals surface area (Å²) in [7, 11) is 0. The number of hydrogen-bond acceptors (Lipinski definition) is 3. The Balaban J connectivity index is 1.80. The molecule has 0 aromatic heterocycles. The van der Waals surface area contributed by atoms with Crippen molar-refractivity contribution >= 4 is 0 Å². The van der Waals surface area contributed by atoms with E-state index in [9.17, 15) is 0 Å². The second-order valence-electron chi connectivity index (χ2n) is 5.94. The first kappa shape index (κ1) is 15.5. The third-order valence-corrected chi connectivity index (χ3v) is 4.42. The molecule has 1 heterocycles. The summed E-state index contributed by atoms with van der Waals surface area (Å²) in [6, 6.07) is 9.61. The zero-order chi connectivity index (χ0) is 14.4. The van der Waals surface area contributed by atoms with Crippen molar-refractivity contribution in [3.05, 3.63) is 35.4 Å². The van der Waals surface area contributed by atoms with Gasteiger partial charge in [0.2, 0.25) is 0 Å². The fraction of sp³-hybridized carbons (Fsp3) is 0.647. The van der Waals surface area contributed by atoms with E-state index < -0.39 is 0 Å². The number of rotatable bonds is 6. The molecule has 2 rings (SSSR count). The van der Waals surface area contributed by atoms with E-state index >= 15 is 0 Å². The molecular formula is C17H29N3. The van der Waals surface area contributed by atoms with Crippen LogP contribution in [0.15, 0.2) is 24.3 Å². The van der Waals surface area contributed by atoms with Crippen LogP contribution in [0, 0.1) is 6.92 Å². The summed E-state index contributed by atoms with van der Waals surface area (Å²) in [5.74, 6) is 0. The third kappa shape index (κ3) is 4.30. The van der Waals surface area contributed by atoms with Gasteiger partial charge in [0.05, 0.1) is 0 Å². The van der Waals surface area contributed by atoms with Gasteiger partial charge in [-0.15, -0.1) is 0 Å². The number of nitrogens with two attached hydrogens (primary N) is 1. The SMILES string of the molecule is CCC(CCN)N1CCN(Cc2ccc(C)cc2)CC1. The smallest absolute Gasteiger partial charge is 0.0234 e. The molecule has 0 spiro atoms. The first-order chi connectivity index (χ1) is 9.72. The van der Waals surface area contributed by atoms with Crippen LogP contribution in [0.25, 0.3) is 0 Å². The first-order valence-electron chi connectivity index (χ1n) is 7.95. The van der Waals surface area contributed by atoms with Crippen LogP contribution in [0.2, 0.25) is 0 Å². The quantitative estimate of drug-likeness (QED) is 0.864. The van der Waals surface area contributed by atoms with Gasteiger partial charge >= 0.3 is 0 Å². The van der Waals surface area contributed by atoms with E-state index in [4.69, 9.17) is 5.73 Å². The molecule has 3 heteroatoms. The van der Waals surface area contributed by atoms with Crippen LogP contribution in [-0.2, 0) is 6.54 Å². The van der Waals surface area contributed by atoms with E-state index in [1.165, 1.54) is 43.7 Å². The molecule has 0 aliphatic carbocycles. The summed E-state index contributed by atoms with van der Waals surface area (Å²) in [5, 5.41) is 0. The van der Waals surface area contributed by atoms with Crippen LogP contribution in [-0.4, -0.2) is 48.6 Å². The average molecular weight is 275 g/mol. The Labute approximate surface area is 123 Å². The van der Waals surface area contributed by atoms with Crippen molar-refractivity contribution in [2.24, 2.45) is 5.73 Å². The number of piperazine rings is 1. The molecule has 0 radical (unpaired) electrons. The average Bonchev–Trinajstić information content (AvgIpc) is 2.48. The third-order valence-electron chi connectivity index (χ3n) is 4.42. The Bertz CT molecular complexity index is 380. The van der Waals surface area contributed by atoms with Crippen LogP contribution >= 0.6 is 0 Å². The molecule has 1 saturated heterocycles. The lowest BCUT2D eigenvalue weighted by Crippen LogP contribution is -2.50. The maximum Gasteiger partial charge on any atom is 0.0234 e. The van der Waals surface area contributed by atoms with Gasteiger partial charge in [-0.2, -0.15) is 0 Å². The summed E-state index contributed by atoms with van der Waals surface area (Å²) < 4.78 is 0. The zero-order valence-corrected chi connectivity index (χ0v) is 13.0. The van der Waals surface area contributed by atoms with E-state index in [0.717, 1.165) is 19.5 Å². The highest BCUT2D eigenvalue weighted by Crippen LogP contribution is 2.14. The molecule has 112 valence electrons. The van der Waals surface area contributed by atoms with Crippen molar-refractivity contribution in [2.75, 3.05) is 32.7 Å². The Morgan fingerprint density at radius 2 is 1.75 bits per heavy atom. The van der Waals surface area contributed by atoms with E-state index in [0.29, 0.717) is 6.04 Å². The van der Waals surface area contributed by atoms with Crippen molar-refractivity contribution in [1.29, 1.82) is 0 Å².